The van der Waals surface area contributed by atoms with Gasteiger partial charge in [0.1, 0.15) is 0 Å². The van der Waals surface area contributed by atoms with E-state index in [1.165, 1.54) is 0 Å². The highest BCUT2D eigenvalue weighted by Crippen LogP contribution is 2.31. The van der Waals surface area contributed by atoms with E-state index in [4.69, 9.17) is 11.5 Å². The molecule has 0 aromatic rings. The molecule has 0 aromatic heterocycles. The predicted molar refractivity (Wildman–Crippen MR) is 34.7 cm³/mol. The Morgan fingerprint density at radius 2 is 1.90 bits per heavy atom. The molecule has 10 heavy (non-hydrogen) atoms. The average Bonchev–Trinajstić information content (AvgIpc) is 1.83. The van der Waals surface area contributed by atoms with Gasteiger partial charge in [-0.3, -0.25) is 0 Å². The second-order valence-electron chi connectivity index (χ2n) is 2.84. The monoisotopic (exact) mass is 150 g/mol. The Labute approximate surface area is 58.6 Å². The third-order valence-corrected chi connectivity index (χ3v) is 2.00. The molecule has 0 bridgehead atoms. The van der Waals surface area contributed by atoms with E-state index in [1.54, 1.807) is 0 Å². The third kappa shape index (κ3) is 1.27. The Balaban J connectivity index is 2.60. The lowest BCUT2D eigenvalue weighted by molar-refractivity contribution is -0.0578. The number of alkyl halides is 2. The molecule has 0 amide bonds. The maximum Gasteiger partial charge on any atom is 0.264 e. The summed E-state index contributed by atoms with van der Waals surface area (Å²) >= 11 is 0. The summed E-state index contributed by atoms with van der Waals surface area (Å²) in [4.78, 5) is 0. The summed E-state index contributed by atoms with van der Waals surface area (Å²) in [5.41, 5.74) is 10.5. The van der Waals surface area contributed by atoms with Gasteiger partial charge in [0.2, 0.25) is 0 Å². The van der Waals surface area contributed by atoms with E-state index >= 15 is 0 Å². The summed E-state index contributed by atoms with van der Waals surface area (Å²) in [5.74, 6) is -2.74. The molecule has 1 aliphatic carbocycles. The third-order valence-electron chi connectivity index (χ3n) is 2.00. The van der Waals surface area contributed by atoms with Crippen molar-refractivity contribution < 1.29 is 8.78 Å². The Morgan fingerprint density at radius 3 is 2.30 bits per heavy atom. The van der Waals surface area contributed by atoms with Gasteiger partial charge in [0, 0.05) is 12.5 Å². The first kappa shape index (κ1) is 7.88. The summed E-state index contributed by atoms with van der Waals surface area (Å²) < 4.78 is 25.3. The fourth-order valence-corrected chi connectivity index (χ4v) is 1.23. The minimum Gasteiger partial charge on any atom is -0.326 e. The maximum atomic E-state index is 12.6. The fourth-order valence-electron chi connectivity index (χ4n) is 1.23. The fraction of sp³-hybridized carbons (Fsp3) is 1.00. The lowest BCUT2D eigenvalue weighted by Crippen LogP contribution is -2.55. The van der Waals surface area contributed by atoms with Gasteiger partial charge < -0.3 is 11.5 Å². The second-order valence-corrected chi connectivity index (χ2v) is 2.84. The maximum absolute atomic E-state index is 12.6. The van der Waals surface area contributed by atoms with Crippen molar-refractivity contribution in [3.05, 3.63) is 0 Å². The van der Waals surface area contributed by atoms with Gasteiger partial charge in [-0.1, -0.05) is 0 Å². The first-order valence-electron chi connectivity index (χ1n) is 3.43. The van der Waals surface area contributed by atoms with Crippen LogP contribution in [-0.2, 0) is 0 Å². The van der Waals surface area contributed by atoms with Crippen LogP contribution in [0.3, 0.4) is 0 Å². The van der Waals surface area contributed by atoms with Gasteiger partial charge in [0.25, 0.3) is 5.92 Å². The van der Waals surface area contributed by atoms with Gasteiger partial charge in [0.15, 0.2) is 0 Å². The predicted octanol–water partition coefficient (Wildman–Crippen LogP) is 0.460. The zero-order chi connectivity index (χ0) is 7.78. The topological polar surface area (TPSA) is 52.0 Å². The number of hydrogen-bond donors (Lipinski definition) is 2. The molecule has 0 heterocycles. The Hall–Kier alpha value is -0.220. The van der Waals surface area contributed by atoms with Crippen molar-refractivity contribution in [2.45, 2.75) is 37.3 Å². The smallest absolute Gasteiger partial charge is 0.264 e. The summed E-state index contributed by atoms with van der Waals surface area (Å²) in [6, 6.07) is -1.66. The molecule has 1 rings (SSSR count). The molecule has 0 aromatic carbocycles. The average molecular weight is 150 g/mol. The van der Waals surface area contributed by atoms with Crippen LogP contribution in [-0.4, -0.2) is 18.0 Å². The molecule has 4 N–H and O–H groups in total. The zero-order valence-corrected chi connectivity index (χ0v) is 5.69. The Morgan fingerprint density at radius 1 is 1.30 bits per heavy atom. The molecule has 1 aliphatic rings. The van der Waals surface area contributed by atoms with Crippen LogP contribution in [0.25, 0.3) is 0 Å². The van der Waals surface area contributed by atoms with E-state index in [2.05, 4.69) is 0 Å². The number of hydrogen-bond acceptors (Lipinski definition) is 2. The van der Waals surface area contributed by atoms with Crippen LogP contribution >= 0.6 is 0 Å². The van der Waals surface area contributed by atoms with Gasteiger partial charge >= 0.3 is 0 Å². The molecule has 4 heteroatoms. The highest BCUT2D eigenvalue weighted by Gasteiger charge is 2.43. The van der Waals surface area contributed by atoms with Crippen LogP contribution in [0.15, 0.2) is 0 Å². The molecule has 2 nitrogen and oxygen atoms in total. The molecular weight excluding hydrogens is 138 g/mol. The van der Waals surface area contributed by atoms with Crippen molar-refractivity contribution in [2.24, 2.45) is 11.5 Å². The summed E-state index contributed by atoms with van der Waals surface area (Å²) in [6.45, 7) is 0. The molecule has 1 fully saturated rings. The second kappa shape index (κ2) is 2.43. The standard InChI is InChI=1S/C6H12F2N2/c7-6(8)3-1-2-4(9)5(6)10/h4-5H,1-3,9-10H2/t4-,5-/m0/s1. The molecule has 0 radical (unpaired) electrons. The van der Waals surface area contributed by atoms with E-state index < -0.39 is 18.0 Å². The zero-order valence-electron chi connectivity index (χ0n) is 5.69. The Bertz CT molecular complexity index is 127. The first-order valence-corrected chi connectivity index (χ1v) is 3.43. The van der Waals surface area contributed by atoms with Crippen molar-refractivity contribution in [3.8, 4) is 0 Å². The van der Waals surface area contributed by atoms with E-state index in [0.717, 1.165) is 0 Å². The molecule has 60 valence electrons. The number of halogens is 2. The van der Waals surface area contributed by atoms with Crippen LogP contribution < -0.4 is 11.5 Å². The molecule has 0 aliphatic heterocycles. The number of rotatable bonds is 0. The van der Waals surface area contributed by atoms with Gasteiger partial charge in [-0.25, -0.2) is 8.78 Å². The minimum atomic E-state index is -2.74. The van der Waals surface area contributed by atoms with Gasteiger partial charge in [-0.05, 0) is 12.8 Å². The summed E-state index contributed by atoms with van der Waals surface area (Å²) in [6.07, 6.45) is 1.00. The van der Waals surface area contributed by atoms with E-state index in [9.17, 15) is 8.78 Å². The van der Waals surface area contributed by atoms with Crippen molar-refractivity contribution in [3.63, 3.8) is 0 Å². The highest BCUT2D eigenvalue weighted by atomic mass is 19.3. The van der Waals surface area contributed by atoms with Gasteiger partial charge in [-0.2, -0.15) is 0 Å². The molecular formula is C6H12F2N2. The normalized spacial score (nSPS) is 39.6. The molecule has 0 saturated heterocycles. The van der Waals surface area contributed by atoms with Crippen LogP contribution in [0.2, 0.25) is 0 Å². The molecule has 1 saturated carbocycles. The quantitative estimate of drug-likeness (QED) is 0.527. The van der Waals surface area contributed by atoms with E-state index in [1.807, 2.05) is 0 Å². The van der Waals surface area contributed by atoms with Crippen LogP contribution in [0.5, 0.6) is 0 Å². The van der Waals surface area contributed by atoms with Crippen molar-refractivity contribution in [1.82, 2.24) is 0 Å². The van der Waals surface area contributed by atoms with Crippen molar-refractivity contribution in [1.29, 1.82) is 0 Å². The van der Waals surface area contributed by atoms with Crippen molar-refractivity contribution >= 4 is 0 Å². The van der Waals surface area contributed by atoms with E-state index in [0.29, 0.717) is 12.8 Å². The van der Waals surface area contributed by atoms with Crippen LogP contribution in [0.1, 0.15) is 19.3 Å². The molecule has 0 unspecified atom stereocenters. The summed E-state index contributed by atoms with van der Waals surface area (Å²) in [7, 11) is 0. The summed E-state index contributed by atoms with van der Waals surface area (Å²) in [5, 5.41) is 0. The molecule has 2 atom stereocenters. The number of nitrogens with two attached hydrogens (primary N) is 2. The SMILES string of the molecule is N[C@H]1CCCC(F)(F)[C@H]1N. The lowest BCUT2D eigenvalue weighted by Gasteiger charge is -2.32. The van der Waals surface area contributed by atoms with Gasteiger partial charge in [-0.15, -0.1) is 0 Å². The lowest BCUT2D eigenvalue weighted by atomic mass is 9.88. The Kier molecular flexibility index (Phi) is 1.92. The largest absolute Gasteiger partial charge is 0.326 e. The highest BCUT2D eigenvalue weighted by molar-refractivity contribution is 4.92. The van der Waals surface area contributed by atoms with E-state index in [-0.39, 0.29) is 6.42 Å². The molecule has 0 spiro atoms. The first-order chi connectivity index (χ1) is 4.54. The van der Waals surface area contributed by atoms with Crippen molar-refractivity contribution in [2.75, 3.05) is 0 Å². The minimum absolute atomic E-state index is 0.109. The van der Waals surface area contributed by atoms with Crippen LogP contribution in [0, 0.1) is 0 Å². The van der Waals surface area contributed by atoms with Crippen LogP contribution in [0.4, 0.5) is 8.78 Å². The van der Waals surface area contributed by atoms with Gasteiger partial charge in [0.05, 0.1) is 6.04 Å².